The Hall–Kier alpha value is -0.150. The van der Waals surface area contributed by atoms with E-state index in [1.807, 2.05) is 6.92 Å². The molecule has 3 nitrogen and oxygen atoms in total. The Morgan fingerprint density at radius 3 is 2.83 bits per heavy atom. The van der Waals surface area contributed by atoms with Crippen molar-refractivity contribution in [1.82, 2.24) is 5.32 Å². The molecular formula is C24H36I2NO2-. The molecule has 2 unspecified atom stereocenters. The van der Waals surface area contributed by atoms with Crippen LogP contribution in [0, 0.1) is 11.3 Å². The molecule has 0 radical (unpaired) electrons. The Labute approximate surface area is 197 Å². The number of allylic oxidation sites excluding steroid dienone is 1. The van der Waals surface area contributed by atoms with E-state index in [1.54, 1.807) is 0 Å². The number of aryl methyl sites for hydroxylation is 1. The van der Waals surface area contributed by atoms with Gasteiger partial charge in [0, 0.05) is 0 Å². The molecule has 1 aromatic carbocycles. The standard InChI is InChI=1S/C24H36I2NO2/c1-6-19-8-7-9-20(14-19)15-23(3,4)12-10-18(2)22(28)27-17-21-11-13-29-24(5,16-21)26-25/h7-10,14,21H,6,11-13,15-17H2,1-5H3,(H,27,28)/q-1. The van der Waals surface area contributed by atoms with Crippen LogP contribution >= 0.6 is 18.6 Å². The van der Waals surface area contributed by atoms with Crippen molar-refractivity contribution in [2.24, 2.45) is 11.3 Å². The first-order valence-corrected chi connectivity index (χ1v) is 18.0. The summed E-state index contributed by atoms with van der Waals surface area (Å²) in [5.41, 5.74) is 3.72. The van der Waals surface area contributed by atoms with Crippen LogP contribution in [0.4, 0.5) is 0 Å². The summed E-state index contributed by atoms with van der Waals surface area (Å²) in [6.45, 7) is 12.5. The molecule has 1 fully saturated rings. The van der Waals surface area contributed by atoms with Crippen LogP contribution in [0.2, 0.25) is 0 Å². The van der Waals surface area contributed by atoms with Crippen molar-refractivity contribution in [3.05, 3.63) is 47.0 Å². The normalized spacial score (nSPS) is 23.2. The fourth-order valence-corrected chi connectivity index (χ4v) is 6.86. The number of benzene rings is 1. The molecule has 1 amide bonds. The number of rotatable bonds is 9. The first kappa shape index (κ1) is 25.1. The zero-order valence-electron chi connectivity index (χ0n) is 18.5. The number of amides is 1. The maximum atomic E-state index is 12.6. The van der Waals surface area contributed by atoms with Crippen LogP contribution in [0.5, 0.6) is 0 Å². The van der Waals surface area contributed by atoms with E-state index < -0.39 is 0 Å². The van der Waals surface area contributed by atoms with Gasteiger partial charge in [0.25, 0.3) is 0 Å². The van der Waals surface area contributed by atoms with Gasteiger partial charge in [-0.05, 0) is 12.0 Å². The van der Waals surface area contributed by atoms with E-state index in [0.29, 0.717) is 5.92 Å². The molecule has 1 heterocycles. The molecule has 1 N–H and O–H groups in total. The molecule has 1 aromatic rings. The van der Waals surface area contributed by atoms with Crippen LogP contribution in [0.3, 0.4) is 0 Å². The van der Waals surface area contributed by atoms with Gasteiger partial charge in [0.15, 0.2) is 0 Å². The number of ether oxygens (including phenoxy) is 1. The van der Waals surface area contributed by atoms with Crippen molar-refractivity contribution >= 4 is 24.5 Å². The summed E-state index contributed by atoms with van der Waals surface area (Å²) in [5.74, 6) is 0.605. The summed E-state index contributed by atoms with van der Waals surface area (Å²) in [6, 6.07) is 8.86. The van der Waals surface area contributed by atoms with E-state index in [2.05, 4.69) is 82.0 Å². The Balaban J connectivity index is 1.85. The van der Waals surface area contributed by atoms with E-state index >= 15 is 0 Å². The first-order valence-electron chi connectivity index (χ1n) is 10.6. The van der Waals surface area contributed by atoms with E-state index in [1.165, 1.54) is 11.1 Å². The molecule has 0 aromatic heterocycles. The molecule has 1 saturated heterocycles. The topological polar surface area (TPSA) is 38.3 Å². The van der Waals surface area contributed by atoms with E-state index in [4.69, 9.17) is 4.74 Å². The summed E-state index contributed by atoms with van der Waals surface area (Å²) in [7, 11) is 0. The Kier molecular flexibility index (Phi) is 9.93. The van der Waals surface area contributed by atoms with Crippen molar-refractivity contribution in [3.63, 3.8) is 0 Å². The van der Waals surface area contributed by atoms with Gasteiger partial charge in [-0.25, -0.2) is 0 Å². The van der Waals surface area contributed by atoms with Crippen LogP contribution < -0.4 is 22.5 Å². The average Bonchev–Trinajstić information content (AvgIpc) is 2.70. The van der Waals surface area contributed by atoms with Crippen molar-refractivity contribution in [3.8, 4) is 0 Å². The number of alkyl halides is 1. The first-order chi connectivity index (χ1) is 13.7. The second-order valence-electron chi connectivity index (χ2n) is 9.20. The smallest absolute Gasteiger partial charge is 0.0558 e. The molecule has 1 aliphatic rings. The third-order valence-electron chi connectivity index (χ3n) is 5.69. The Morgan fingerprint density at radius 2 is 2.14 bits per heavy atom. The number of halogens is 2. The van der Waals surface area contributed by atoms with Gasteiger partial charge < -0.3 is 0 Å². The molecule has 0 bridgehead atoms. The van der Waals surface area contributed by atoms with Crippen molar-refractivity contribution in [1.29, 1.82) is 0 Å². The minimum absolute atomic E-state index is 0.0146. The van der Waals surface area contributed by atoms with Crippen LogP contribution in [0.15, 0.2) is 35.9 Å². The average molecular weight is 624 g/mol. The summed E-state index contributed by atoms with van der Waals surface area (Å²) >= 11 is 2.52. The van der Waals surface area contributed by atoms with Gasteiger partial charge >= 0.3 is 155 Å². The third-order valence-corrected chi connectivity index (χ3v) is 13.1. The van der Waals surface area contributed by atoms with Crippen LogP contribution in [-0.2, 0) is 22.4 Å². The number of hydrogen-bond donors (Lipinski definition) is 1. The van der Waals surface area contributed by atoms with Gasteiger partial charge in [0.05, 0.1) is 0 Å². The van der Waals surface area contributed by atoms with Gasteiger partial charge in [-0.3, -0.25) is 0 Å². The number of carbonyl (C=O) groups is 1. The third kappa shape index (κ3) is 8.48. The second-order valence-corrected chi connectivity index (χ2v) is 14.6. The minimum Gasteiger partial charge on any atom is -0.0558 e. The monoisotopic (exact) mass is 624 g/mol. The zero-order valence-corrected chi connectivity index (χ0v) is 22.8. The zero-order chi connectivity index (χ0) is 21.5. The van der Waals surface area contributed by atoms with Crippen LogP contribution in [-0.4, -0.2) is 22.7 Å². The molecule has 29 heavy (non-hydrogen) atoms. The SMILES string of the molecule is CCc1cccc(CC(C)(C)CC=C(C)C(=O)NCC2CCOC(C)([I-]I)C2)c1. The maximum absolute atomic E-state index is 12.6. The predicted octanol–water partition coefficient (Wildman–Crippen LogP) is 2.85. The Bertz CT molecular complexity index is 717. The van der Waals surface area contributed by atoms with E-state index in [9.17, 15) is 4.79 Å². The molecule has 0 spiro atoms. The molecule has 5 heteroatoms. The summed E-state index contributed by atoms with van der Waals surface area (Å²) in [6.07, 6.45) is 7.21. The van der Waals surface area contributed by atoms with Crippen LogP contribution in [0.25, 0.3) is 0 Å². The van der Waals surface area contributed by atoms with Gasteiger partial charge in [0.2, 0.25) is 0 Å². The van der Waals surface area contributed by atoms with Crippen molar-refractivity contribution in [2.45, 2.75) is 70.3 Å². The quantitative estimate of drug-likeness (QED) is 0.261. The Morgan fingerprint density at radius 1 is 1.41 bits per heavy atom. The van der Waals surface area contributed by atoms with Crippen LogP contribution in [0.1, 0.15) is 65.0 Å². The fraction of sp³-hybridized carbons (Fsp3) is 0.625. The van der Waals surface area contributed by atoms with E-state index in [-0.39, 0.29) is 32.2 Å². The summed E-state index contributed by atoms with van der Waals surface area (Å²) in [4.78, 5) is 12.6. The number of carbonyl (C=O) groups excluding carboxylic acids is 1. The second kappa shape index (κ2) is 11.5. The van der Waals surface area contributed by atoms with E-state index in [0.717, 1.165) is 50.8 Å². The molecule has 164 valence electrons. The molecule has 0 saturated carbocycles. The molecule has 1 aliphatic heterocycles. The molecular weight excluding hydrogens is 588 g/mol. The number of hydrogen-bond acceptors (Lipinski definition) is 2. The van der Waals surface area contributed by atoms with Gasteiger partial charge in [0.1, 0.15) is 0 Å². The fourth-order valence-electron chi connectivity index (χ4n) is 3.82. The molecule has 0 aliphatic carbocycles. The molecule has 2 rings (SSSR count). The van der Waals surface area contributed by atoms with Gasteiger partial charge in [-0.1, -0.05) is 31.2 Å². The summed E-state index contributed by atoms with van der Waals surface area (Å²) in [5, 5.41) is 3.16. The largest absolute Gasteiger partial charge is 0.0558 e. The van der Waals surface area contributed by atoms with Crippen molar-refractivity contribution < 1.29 is 26.8 Å². The van der Waals surface area contributed by atoms with Crippen molar-refractivity contribution in [2.75, 3.05) is 13.2 Å². The minimum atomic E-state index is 0.0146. The maximum Gasteiger partial charge on any atom is -0.0558 e. The number of nitrogens with one attached hydrogen (secondary N) is 1. The predicted molar refractivity (Wildman–Crippen MR) is 126 cm³/mol. The van der Waals surface area contributed by atoms with Gasteiger partial charge in [-0.15, -0.1) is 0 Å². The summed E-state index contributed by atoms with van der Waals surface area (Å²) < 4.78 is 6.02. The molecule has 2 atom stereocenters. The van der Waals surface area contributed by atoms with Gasteiger partial charge in [-0.2, -0.15) is 0 Å².